The van der Waals surface area contributed by atoms with Crippen LogP contribution in [0.4, 0.5) is 0 Å². The van der Waals surface area contributed by atoms with Crippen LogP contribution in [0.2, 0.25) is 0 Å². The van der Waals surface area contributed by atoms with Gasteiger partial charge in [0.25, 0.3) is 0 Å². The van der Waals surface area contributed by atoms with Gasteiger partial charge in [0.2, 0.25) is 0 Å². The van der Waals surface area contributed by atoms with Gasteiger partial charge in [-0.3, -0.25) is 5.84 Å². The molecule has 0 spiro atoms. The fraction of sp³-hybridized carbons (Fsp3) is 0.333. The predicted octanol–water partition coefficient (Wildman–Crippen LogP) is 2.22. The summed E-state index contributed by atoms with van der Waals surface area (Å²) in [5, 5.41) is 0. The van der Waals surface area contributed by atoms with Crippen molar-refractivity contribution in [3.05, 3.63) is 41.7 Å². The van der Waals surface area contributed by atoms with Crippen LogP contribution in [-0.4, -0.2) is 12.9 Å². The lowest BCUT2D eigenvalue weighted by Gasteiger charge is -2.19. The second-order valence-electron chi connectivity index (χ2n) is 3.59. The third-order valence-corrected chi connectivity index (χ3v) is 3.44. The molecule has 1 heterocycles. The van der Waals surface area contributed by atoms with Crippen LogP contribution >= 0.6 is 11.8 Å². The molecule has 1 aliphatic rings. The maximum atomic E-state index is 5.63. The van der Waals surface area contributed by atoms with E-state index in [1.807, 2.05) is 12.1 Å². The zero-order valence-corrected chi connectivity index (χ0v) is 10.1. The molecule has 0 aromatic heterocycles. The summed E-state index contributed by atoms with van der Waals surface area (Å²) in [6, 6.07) is 8.20. The lowest BCUT2D eigenvalue weighted by atomic mass is 10.1. The predicted molar refractivity (Wildman–Crippen MR) is 66.9 cm³/mol. The highest BCUT2D eigenvalue weighted by Gasteiger charge is 2.21. The lowest BCUT2D eigenvalue weighted by Crippen LogP contribution is -2.30. The molecule has 0 saturated carbocycles. The molecule has 0 aliphatic carbocycles. The summed E-state index contributed by atoms with van der Waals surface area (Å²) < 4.78 is 5.57. The Morgan fingerprint density at radius 1 is 1.44 bits per heavy atom. The van der Waals surface area contributed by atoms with E-state index in [0.717, 1.165) is 18.8 Å². The Balaban J connectivity index is 2.32. The van der Waals surface area contributed by atoms with Gasteiger partial charge in [0.15, 0.2) is 0 Å². The highest BCUT2D eigenvalue weighted by molar-refractivity contribution is 7.98. The molecular formula is C12H16N2OS. The number of hydrogen-bond donors (Lipinski definition) is 2. The smallest absolute Gasteiger partial charge is 0.115 e. The van der Waals surface area contributed by atoms with Crippen molar-refractivity contribution in [2.45, 2.75) is 17.4 Å². The summed E-state index contributed by atoms with van der Waals surface area (Å²) in [5.41, 5.74) is 4.00. The minimum Gasteiger partial charge on any atom is -0.496 e. The highest BCUT2D eigenvalue weighted by atomic mass is 32.2. The minimum absolute atomic E-state index is 0.0360. The number of nitrogens with two attached hydrogens (primary N) is 1. The molecule has 0 bridgehead atoms. The number of thioether (sulfide) groups is 1. The number of nitrogens with one attached hydrogen (secondary N) is 1. The first-order chi connectivity index (χ1) is 7.86. The van der Waals surface area contributed by atoms with Crippen LogP contribution in [0.1, 0.15) is 18.0 Å². The molecule has 1 aromatic carbocycles. The van der Waals surface area contributed by atoms with E-state index in [2.05, 4.69) is 29.9 Å². The zero-order valence-electron chi connectivity index (χ0n) is 9.27. The van der Waals surface area contributed by atoms with Crippen LogP contribution in [0.15, 0.2) is 41.0 Å². The van der Waals surface area contributed by atoms with Crippen molar-refractivity contribution in [2.75, 3.05) is 12.9 Å². The standard InChI is InChI=1S/C12H16N2OS/c1-16-11-7-3-2-5-9(11)12(14-13)10-6-4-8-15-10/h2-3,5-7,12,14H,4,8,13H2,1H3. The second kappa shape index (κ2) is 5.39. The number of hydrogen-bond acceptors (Lipinski definition) is 4. The lowest BCUT2D eigenvalue weighted by molar-refractivity contribution is 0.215. The van der Waals surface area contributed by atoms with Gasteiger partial charge in [0, 0.05) is 11.3 Å². The van der Waals surface area contributed by atoms with Crippen molar-refractivity contribution in [1.82, 2.24) is 5.43 Å². The van der Waals surface area contributed by atoms with Crippen LogP contribution in [-0.2, 0) is 4.74 Å². The third-order valence-electron chi connectivity index (χ3n) is 2.63. The Morgan fingerprint density at radius 2 is 2.25 bits per heavy atom. The van der Waals surface area contributed by atoms with Crippen LogP contribution in [0.5, 0.6) is 0 Å². The van der Waals surface area contributed by atoms with Gasteiger partial charge in [0.05, 0.1) is 6.61 Å². The molecule has 4 heteroatoms. The van der Waals surface area contributed by atoms with Crippen molar-refractivity contribution in [3.8, 4) is 0 Å². The molecule has 1 aromatic rings. The van der Waals surface area contributed by atoms with Gasteiger partial charge in [0.1, 0.15) is 11.8 Å². The van der Waals surface area contributed by atoms with Crippen LogP contribution in [0.3, 0.4) is 0 Å². The molecule has 3 nitrogen and oxygen atoms in total. The van der Waals surface area contributed by atoms with Crippen molar-refractivity contribution in [2.24, 2.45) is 5.84 Å². The van der Waals surface area contributed by atoms with E-state index in [1.165, 1.54) is 10.5 Å². The molecule has 1 atom stereocenters. The average Bonchev–Trinajstić information content (AvgIpc) is 2.84. The number of benzene rings is 1. The van der Waals surface area contributed by atoms with Gasteiger partial charge in [-0.15, -0.1) is 11.8 Å². The monoisotopic (exact) mass is 236 g/mol. The Kier molecular flexibility index (Phi) is 3.88. The Morgan fingerprint density at radius 3 is 2.88 bits per heavy atom. The van der Waals surface area contributed by atoms with Gasteiger partial charge in [-0.2, -0.15) is 0 Å². The number of ether oxygens (including phenoxy) is 1. The average molecular weight is 236 g/mol. The maximum Gasteiger partial charge on any atom is 0.115 e. The van der Waals surface area contributed by atoms with E-state index in [0.29, 0.717) is 0 Å². The normalized spacial score (nSPS) is 16.8. The molecule has 2 rings (SSSR count). The number of hydrazine groups is 1. The second-order valence-corrected chi connectivity index (χ2v) is 4.43. The molecule has 1 aliphatic heterocycles. The molecule has 0 amide bonds. The molecule has 1 unspecified atom stereocenters. The van der Waals surface area contributed by atoms with E-state index in [9.17, 15) is 0 Å². The van der Waals surface area contributed by atoms with E-state index in [-0.39, 0.29) is 6.04 Å². The number of rotatable bonds is 4. The summed E-state index contributed by atoms with van der Waals surface area (Å²) in [4.78, 5) is 1.22. The summed E-state index contributed by atoms with van der Waals surface area (Å²) in [6.07, 6.45) is 5.13. The van der Waals surface area contributed by atoms with Crippen LogP contribution in [0, 0.1) is 0 Å². The van der Waals surface area contributed by atoms with E-state index in [4.69, 9.17) is 10.6 Å². The SMILES string of the molecule is CSc1ccccc1C(NN)C1=CCCO1. The fourth-order valence-corrected chi connectivity index (χ4v) is 2.50. The topological polar surface area (TPSA) is 47.3 Å². The summed E-state index contributed by atoms with van der Waals surface area (Å²) in [5.74, 6) is 6.56. The van der Waals surface area contributed by atoms with Gasteiger partial charge < -0.3 is 4.74 Å². The van der Waals surface area contributed by atoms with Crippen LogP contribution in [0.25, 0.3) is 0 Å². The first-order valence-corrected chi connectivity index (χ1v) is 6.51. The van der Waals surface area contributed by atoms with Gasteiger partial charge >= 0.3 is 0 Å². The third kappa shape index (κ3) is 2.24. The molecule has 0 saturated heterocycles. The van der Waals surface area contributed by atoms with Crippen molar-refractivity contribution >= 4 is 11.8 Å². The first-order valence-electron chi connectivity index (χ1n) is 5.28. The Hall–Kier alpha value is -0.970. The molecule has 86 valence electrons. The first kappa shape index (κ1) is 11.5. The van der Waals surface area contributed by atoms with E-state index >= 15 is 0 Å². The van der Waals surface area contributed by atoms with Gasteiger partial charge in [-0.25, -0.2) is 5.43 Å². The molecule has 0 radical (unpaired) electrons. The summed E-state index contributed by atoms with van der Waals surface area (Å²) in [7, 11) is 0. The summed E-state index contributed by atoms with van der Waals surface area (Å²) >= 11 is 1.72. The molecule has 16 heavy (non-hydrogen) atoms. The van der Waals surface area contributed by atoms with Gasteiger partial charge in [-0.1, -0.05) is 18.2 Å². The van der Waals surface area contributed by atoms with Crippen molar-refractivity contribution in [1.29, 1.82) is 0 Å². The van der Waals surface area contributed by atoms with E-state index < -0.39 is 0 Å². The Labute approximate surface area is 100 Å². The van der Waals surface area contributed by atoms with Crippen molar-refractivity contribution in [3.63, 3.8) is 0 Å². The quantitative estimate of drug-likeness (QED) is 0.478. The Bertz CT molecular complexity index is 392. The molecule has 0 fully saturated rings. The zero-order chi connectivity index (χ0) is 11.4. The van der Waals surface area contributed by atoms with Crippen molar-refractivity contribution < 1.29 is 4.74 Å². The summed E-state index contributed by atoms with van der Waals surface area (Å²) in [6.45, 7) is 0.759. The van der Waals surface area contributed by atoms with E-state index in [1.54, 1.807) is 11.8 Å². The van der Waals surface area contributed by atoms with Crippen LogP contribution < -0.4 is 11.3 Å². The maximum absolute atomic E-state index is 5.63. The highest BCUT2D eigenvalue weighted by Crippen LogP contribution is 2.31. The minimum atomic E-state index is -0.0360. The fourth-order valence-electron chi connectivity index (χ4n) is 1.87. The molecule has 3 N–H and O–H groups in total. The largest absolute Gasteiger partial charge is 0.496 e. The molecular weight excluding hydrogens is 220 g/mol. The van der Waals surface area contributed by atoms with Gasteiger partial charge in [-0.05, 0) is 24.0 Å².